The van der Waals surface area contributed by atoms with Crippen LogP contribution >= 0.6 is 12.4 Å². The lowest BCUT2D eigenvalue weighted by Gasteiger charge is -2.29. The summed E-state index contributed by atoms with van der Waals surface area (Å²) in [5.41, 5.74) is 4.09. The van der Waals surface area contributed by atoms with E-state index in [0.29, 0.717) is 0 Å². The number of rotatable bonds is 5. The van der Waals surface area contributed by atoms with Gasteiger partial charge in [-0.1, -0.05) is 0 Å². The summed E-state index contributed by atoms with van der Waals surface area (Å²) in [5, 5.41) is 0. The summed E-state index contributed by atoms with van der Waals surface area (Å²) in [4.78, 5) is -0.152. The van der Waals surface area contributed by atoms with Crippen LogP contribution in [0, 0.1) is 12.8 Å². The smallest absolute Gasteiger partial charge is 0.329 e. The van der Waals surface area contributed by atoms with E-state index in [1.54, 1.807) is 6.92 Å². The Balaban J connectivity index is 0.00000264. The summed E-state index contributed by atoms with van der Waals surface area (Å²) in [5.74, 6) is 0.169. The highest BCUT2D eigenvalue weighted by Gasteiger charge is 2.43. The second-order valence-corrected chi connectivity index (χ2v) is 7.63. The van der Waals surface area contributed by atoms with Crippen LogP contribution in [0.2, 0.25) is 0 Å². The summed E-state index contributed by atoms with van der Waals surface area (Å²) in [6, 6.07) is 2.61. The summed E-state index contributed by atoms with van der Waals surface area (Å²) in [6.45, 7) is 3.21. The minimum absolute atomic E-state index is 0. The van der Waals surface area contributed by atoms with Gasteiger partial charge in [-0.2, -0.15) is 13.2 Å². The summed E-state index contributed by atoms with van der Waals surface area (Å²) < 4.78 is 65.5. The van der Waals surface area contributed by atoms with Crippen molar-refractivity contribution in [3.63, 3.8) is 0 Å². The van der Waals surface area contributed by atoms with Crippen LogP contribution in [-0.2, 0) is 16.2 Å². The third kappa shape index (κ3) is 4.37. The molecule has 3 N–H and O–H groups in total. The van der Waals surface area contributed by atoms with Crippen LogP contribution < -0.4 is 10.5 Å². The van der Waals surface area contributed by atoms with Gasteiger partial charge >= 0.3 is 6.18 Å². The van der Waals surface area contributed by atoms with Gasteiger partial charge in [0.15, 0.2) is 0 Å². The Kier molecular flexibility index (Phi) is 5.79. The minimum Gasteiger partial charge on any atom is -0.329 e. The number of alkyl halides is 3. The van der Waals surface area contributed by atoms with Gasteiger partial charge < -0.3 is 5.73 Å². The fourth-order valence-corrected chi connectivity index (χ4v) is 4.21. The SMILES string of the molecule is Cc1cc(C(F)(F)F)ccc1S(=O)(=O)NC(C)(CN)C1CC1.Cl. The van der Waals surface area contributed by atoms with Crippen LogP contribution in [0.1, 0.15) is 30.9 Å². The van der Waals surface area contributed by atoms with Crippen molar-refractivity contribution in [1.29, 1.82) is 0 Å². The zero-order valence-electron chi connectivity index (χ0n) is 12.8. The molecule has 0 heterocycles. The van der Waals surface area contributed by atoms with E-state index >= 15 is 0 Å². The van der Waals surface area contributed by atoms with Gasteiger partial charge in [-0.25, -0.2) is 13.1 Å². The fourth-order valence-electron chi connectivity index (χ4n) is 2.50. The number of hydrogen-bond acceptors (Lipinski definition) is 3. The van der Waals surface area contributed by atoms with Gasteiger partial charge in [0.2, 0.25) is 10.0 Å². The van der Waals surface area contributed by atoms with Gasteiger partial charge in [0.1, 0.15) is 0 Å². The lowest BCUT2D eigenvalue weighted by Crippen LogP contribution is -2.53. The zero-order chi connectivity index (χ0) is 16.8. The average molecular weight is 373 g/mol. The summed E-state index contributed by atoms with van der Waals surface area (Å²) >= 11 is 0. The average Bonchev–Trinajstić information content (AvgIpc) is 3.21. The molecule has 1 fully saturated rings. The highest BCUT2D eigenvalue weighted by atomic mass is 35.5. The van der Waals surface area contributed by atoms with E-state index in [4.69, 9.17) is 5.73 Å². The second kappa shape index (κ2) is 6.58. The molecule has 1 aromatic carbocycles. The fraction of sp³-hybridized carbons (Fsp3) is 0.571. The first-order chi connectivity index (χ1) is 9.99. The van der Waals surface area contributed by atoms with Crippen molar-refractivity contribution >= 4 is 22.4 Å². The van der Waals surface area contributed by atoms with Gasteiger partial charge in [0.05, 0.1) is 10.5 Å². The van der Waals surface area contributed by atoms with Crippen LogP contribution in [0.25, 0.3) is 0 Å². The zero-order valence-corrected chi connectivity index (χ0v) is 14.4. The molecule has 1 saturated carbocycles. The maximum atomic E-state index is 12.7. The van der Waals surface area contributed by atoms with Crippen molar-refractivity contribution in [2.75, 3.05) is 6.54 Å². The molecule has 0 radical (unpaired) electrons. The van der Waals surface area contributed by atoms with Crippen molar-refractivity contribution in [2.24, 2.45) is 11.7 Å². The van der Waals surface area contributed by atoms with Gasteiger partial charge in [-0.05, 0) is 56.4 Å². The molecule has 9 heteroatoms. The van der Waals surface area contributed by atoms with Crippen LogP contribution in [0.5, 0.6) is 0 Å². The molecule has 1 unspecified atom stereocenters. The van der Waals surface area contributed by atoms with Crippen LogP contribution in [-0.4, -0.2) is 20.5 Å². The standard InChI is InChI=1S/C14H19F3N2O2S.ClH/c1-9-7-11(14(15,16)17)5-6-12(9)22(20,21)19-13(2,8-18)10-3-4-10;/h5-7,10,19H,3-4,8,18H2,1-2H3;1H. The molecule has 0 amide bonds. The molecular weight excluding hydrogens is 353 g/mol. The molecule has 132 valence electrons. The van der Waals surface area contributed by atoms with Gasteiger partial charge in [0.25, 0.3) is 0 Å². The molecule has 0 saturated heterocycles. The van der Waals surface area contributed by atoms with E-state index in [0.717, 1.165) is 31.0 Å². The number of nitrogens with two attached hydrogens (primary N) is 1. The van der Waals surface area contributed by atoms with E-state index < -0.39 is 27.3 Å². The molecule has 1 aliphatic carbocycles. The van der Waals surface area contributed by atoms with Gasteiger partial charge in [-0.3, -0.25) is 0 Å². The van der Waals surface area contributed by atoms with Gasteiger partial charge in [0, 0.05) is 12.1 Å². The Morgan fingerprint density at radius 1 is 1.30 bits per heavy atom. The molecule has 0 bridgehead atoms. The molecule has 0 aliphatic heterocycles. The number of benzene rings is 1. The van der Waals surface area contributed by atoms with E-state index in [1.165, 1.54) is 6.92 Å². The lowest BCUT2D eigenvalue weighted by atomic mass is 9.98. The number of nitrogens with one attached hydrogen (secondary N) is 1. The minimum atomic E-state index is -4.50. The molecular formula is C14H20ClF3N2O2S. The number of halogens is 4. The topological polar surface area (TPSA) is 72.2 Å². The summed E-state index contributed by atoms with van der Waals surface area (Å²) in [6.07, 6.45) is -2.72. The Labute approximate surface area is 140 Å². The Bertz CT molecular complexity index is 675. The van der Waals surface area contributed by atoms with E-state index in [1.807, 2.05) is 0 Å². The predicted molar refractivity (Wildman–Crippen MR) is 83.9 cm³/mol. The Hall–Kier alpha value is -0.830. The first-order valence-corrected chi connectivity index (χ1v) is 8.40. The second-order valence-electron chi connectivity index (χ2n) is 5.98. The van der Waals surface area contributed by atoms with Crippen molar-refractivity contribution in [3.05, 3.63) is 29.3 Å². The van der Waals surface area contributed by atoms with E-state index in [9.17, 15) is 21.6 Å². The molecule has 4 nitrogen and oxygen atoms in total. The first kappa shape index (κ1) is 20.2. The first-order valence-electron chi connectivity index (χ1n) is 6.91. The molecule has 0 spiro atoms. The Morgan fingerprint density at radius 2 is 1.87 bits per heavy atom. The molecule has 1 atom stereocenters. The molecule has 23 heavy (non-hydrogen) atoms. The third-order valence-electron chi connectivity index (χ3n) is 4.06. The quantitative estimate of drug-likeness (QED) is 0.834. The largest absolute Gasteiger partial charge is 0.416 e. The molecule has 1 aliphatic rings. The van der Waals surface area contributed by atoms with E-state index in [2.05, 4.69) is 4.72 Å². The van der Waals surface area contributed by atoms with Gasteiger partial charge in [-0.15, -0.1) is 12.4 Å². The van der Waals surface area contributed by atoms with E-state index in [-0.39, 0.29) is 35.3 Å². The number of sulfonamides is 1. The normalized spacial score (nSPS) is 18.2. The lowest BCUT2D eigenvalue weighted by molar-refractivity contribution is -0.137. The van der Waals surface area contributed by atoms with Crippen LogP contribution in [0.4, 0.5) is 13.2 Å². The maximum absolute atomic E-state index is 12.7. The highest BCUT2D eigenvalue weighted by molar-refractivity contribution is 7.89. The van der Waals surface area contributed by atoms with Crippen molar-refractivity contribution in [3.8, 4) is 0 Å². The third-order valence-corrected chi connectivity index (χ3v) is 5.83. The molecule has 0 aromatic heterocycles. The monoisotopic (exact) mass is 372 g/mol. The number of aryl methyl sites for hydroxylation is 1. The van der Waals surface area contributed by atoms with Crippen molar-refractivity contribution < 1.29 is 21.6 Å². The van der Waals surface area contributed by atoms with Crippen LogP contribution in [0.15, 0.2) is 23.1 Å². The Morgan fingerprint density at radius 3 is 2.26 bits per heavy atom. The van der Waals surface area contributed by atoms with Crippen molar-refractivity contribution in [1.82, 2.24) is 4.72 Å². The van der Waals surface area contributed by atoms with Crippen LogP contribution in [0.3, 0.4) is 0 Å². The number of hydrogen-bond donors (Lipinski definition) is 2. The highest BCUT2D eigenvalue weighted by Crippen LogP contribution is 2.40. The molecule has 2 rings (SSSR count). The van der Waals surface area contributed by atoms with Crippen molar-refractivity contribution in [2.45, 2.75) is 43.3 Å². The maximum Gasteiger partial charge on any atom is 0.416 e. The summed E-state index contributed by atoms with van der Waals surface area (Å²) in [7, 11) is -3.93. The predicted octanol–water partition coefficient (Wildman–Crippen LogP) is 2.84. The molecule has 1 aromatic rings.